The monoisotopic (exact) mass is 273 g/mol. The van der Waals surface area contributed by atoms with Crippen molar-refractivity contribution in [2.45, 2.75) is 13.5 Å². The molecule has 5 nitrogen and oxygen atoms in total. The number of pyridine rings is 1. The third-order valence-corrected chi connectivity index (χ3v) is 2.32. The van der Waals surface area contributed by atoms with Crippen molar-refractivity contribution >= 4 is 27.5 Å². The van der Waals surface area contributed by atoms with E-state index in [2.05, 4.69) is 21.2 Å². The van der Waals surface area contributed by atoms with Crippen LogP contribution in [0.3, 0.4) is 0 Å². The minimum Gasteiger partial charge on any atom is -0.398 e. The number of nitrogens with two attached hydrogens (primary N) is 1. The van der Waals surface area contributed by atoms with Gasteiger partial charge in [0.05, 0.1) is 4.47 Å². The Kier molecular flexibility index (Phi) is 3.90. The van der Waals surface area contributed by atoms with Crippen LogP contribution in [-0.4, -0.2) is 17.0 Å². The van der Waals surface area contributed by atoms with Gasteiger partial charge in [0, 0.05) is 18.4 Å². The van der Waals surface area contributed by atoms with Gasteiger partial charge in [-0.25, -0.2) is 0 Å². The largest absolute Gasteiger partial charge is 0.398 e. The lowest BCUT2D eigenvalue weighted by molar-refractivity contribution is -0.121. The summed E-state index contributed by atoms with van der Waals surface area (Å²) < 4.78 is 1.62. The normalized spacial score (nSPS) is 10.0. The fraction of sp³-hybridized carbons (Fsp3) is 0.333. The van der Waals surface area contributed by atoms with Crippen molar-refractivity contribution in [3.8, 4) is 0 Å². The van der Waals surface area contributed by atoms with Gasteiger partial charge < -0.3 is 15.6 Å². The van der Waals surface area contributed by atoms with Crippen LogP contribution in [0.4, 0.5) is 5.69 Å². The van der Waals surface area contributed by atoms with Crippen molar-refractivity contribution in [3.05, 3.63) is 27.1 Å². The molecule has 6 heteroatoms. The first-order chi connectivity index (χ1) is 7.04. The van der Waals surface area contributed by atoms with E-state index < -0.39 is 0 Å². The Balaban J connectivity index is 2.95. The smallest absolute Gasteiger partial charge is 0.265 e. The van der Waals surface area contributed by atoms with Crippen LogP contribution in [-0.2, 0) is 11.3 Å². The molecule has 0 bridgehead atoms. The number of carbonyl (C=O) groups excluding carboxylic acids is 1. The number of anilines is 1. The highest BCUT2D eigenvalue weighted by molar-refractivity contribution is 9.10. The van der Waals surface area contributed by atoms with Crippen LogP contribution in [0, 0.1) is 0 Å². The molecule has 3 N–H and O–H groups in total. The molecule has 1 aromatic rings. The number of rotatable bonds is 3. The molecule has 82 valence electrons. The van der Waals surface area contributed by atoms with Crippen molar-refractivity contribution in [2.24, 2.45) is 0 Å². The summed E-state index contributed by atoms with van der Waals surface area (Å²) in [5, 5.41) is 2.61. The quantitative estimate of drug-likeness (QED) is 0.833. The van der Waals surface area contributed by atoms with Crippen LogP contribution < -0.4 is 16.6 Å². The Bertz CT molecular complexity index is 428. The Morgan fingerprint density at radius 2 is 2.33 bits per heavy atom. The lowest BCUT2D eigenvalue weighted by Gasteiger charge is -2.07. The molecule has 15 heavy (non-hydrogen) atoms. The summed E-state index contributed by atoms with van der Waals surface area (Å²) in [4.78, 5) is 22.8. The molecule has 0 saturated carbocycles. The number of nitrogens with zero attached hydrogens (tertiary/aromatic N) is 1. The van der Waals surface area contributed by atoms with E-state index >= 15 is 0 Å². The van der Waals surface area contributed by atoms with Crippen LogP contribution in [0.1, 0.15) is 6.92 Å². The molecule has 0 unspecified atom stereocenters. The topological polar surface area (TPSA) is 77.1 Å². The summed E-state index contributed by atoms with van der Waals surface area (Å²) in [5.74, 6) is -0.211. The van der Waals surface area contributed by atoms with Crippen molar-refractivity contribution in [1.29, 1.82) is 0 Å². The average Bonchev–Trinajstić information content (AvgIpc) is 2.13. The fourth-order valence-electron chi connectivity index (χ4n) is 1.15. The second-order valence-corrected chi connectivity index (χ2v) is 3.86. The number of nitrogen functional groups attached to an aromatic ring is 1. The maximum absolute atomic E-state index is 11.5. The molecular weight excluding hydrogens is 262 g/mol. The number of carbonyl (C=O) groups is 1. The molecule has 1 aromatic heterocycles. The summed E-state index contributed by atoms with van der Waals surface area (Å²) in [5.41, 5.74) is 5.72. The second-order valence-electron chi connectivity index (χ2n) is 3.01. The predicted octanol–water partition coefficient (Wildman–Crippen LogP) is 0.329. The third-order valence-electron chi connectivity index (χ3n) is 1.75. The van der Waals surface area contributed by atoms with E-state index in [0.29, 0.717) is 16.7 Å². The molecule has 1 rings (SSSR count). The van der Waals surface area contributed by atoms with Crippen molar-refractivity contribution < 1.29 is 4.79 Å². The first-order valence-corrected chi connectivity index (χ1v) is 5.26. The number of amides is 1. The molecule has 1 amide bonds. The Morgan fingerprint density at radius 3 is 2.93 bits per heavy atom. The molecule has 0 saturated heterocycles. The number of likely N-dealkylation sites (N-methyl/N-ethyl adjacent to an activating group) is 1. The van der Waals surface area contributed by atoms with Crippen LogP contribution in [0.2, 0.25) is 0 Å². The fourth-order valence-corrected chi connectivity index (χ4v) is 1.64. The SMILES string of the molecule is CCNC(=O)Cn1cc(N)cc(Br)c1=O. The molecule has 0 spiro atoms. The molecule has 0 fully saturated rings. The van der Waals surface area contributed by atoms with Crippen LogP contribution in [0.5, 0.6) is 0 Å². The van der Waals surface area contributed by atoms with E-state index in [9.17, 15) is 9.59 Å². The number of hydrogen-bond acceptors (Lipinski definition) is 3. The van der Waals surface area contributed by atoms with Crippen molar-refractivity contribution in [3.63, 3.8) is 0 Å². The van der Waals surface area contributed by atoms with E-state index in [-0.39, 0.29) is 18.0 Å². The number of hydrogen-bond donors (Lipinski definition) is 2. The Hall–Kier alpha value is -1.30. The number of halogens is 1. The van der Waals surface area contributed by atoms with Gasteiger partial charge in [0.15, 0.2) is 0 Å². The molecule has 0 aliphatic heterocycles. The van der Waals surface area contributed by atoms with Crippen LogP contribution in [0.25, 0.3) is 0 Å². The predicted molar refractivity (Wildman–Crippen MR) is 61.5 cm³/mol. The molecule has 0 aliphatic carbocycles. The highest BCUT2D eigenvalue weighted by Gasteiger charge is 2.06. The van der Waals surface area contributed by atoms with Gasteiger partial charge in [-0.05, 0) is 28.9 Å². The van der Waals surface area contributed by atoms with E-state index in [4.69, 9.17) is 5.73 Å². The second kappa shape index (κ2) is 4.97. The molecular formula is C9H12BrN3O2. The van der Waals surface area contributed by atoms with Gasteiger partial charge in [0.25, 0.3) is 5.56 Å². The summed E-state index contributed by atoms with van der Waals surface area (Å²) in [7, 11) is 0. The highest BCUT2D eigenvalue weighted by atomic mass is 79.9. The van der Waals surface area contributed by atoms with Gasteiger partial charge >= 0.3 is 0 Å². The van der Waals surface area contributed by atoms with Gasteiger partial charge in [0.2, 0.25) is 5.91 Å². The van der Waals surface area contributed by atoms with E-state index in [0.717, 1.165) is 0 Å². The van der Waals surface area contributed by atoms with E-state index in [1.54, 1.807) is 0 Å². The maximum Gasteiger partial charge on any atom is 0.265 e. The van der Waals surface area contributed by atoms with Crippen molar-refractivity contribution in [2.75, 3.05) is 12.3 Å². The lowest BCUT2D eigenvalue weighted by atomic mass is 10.4. The summed E-state index contributed by atoms with van der Waals surface area (Å²) in [6.07, 6.45) is 1.45. The molecule has 0 atom stereocenters. The molecule has 0 aromatic carbocycles. The van der Waals surface area contributed by atoms with Gasteiger partial charge in [-0.15, -0.1) is 0 Å². The highest BCUT2D eigenvalue weighted by Crippen LogP contribution is 2.07. The van der Waals surface area contributed by atoms with Gasteiger partial charge in [-0.3, -0.25) is 9.59 Å². The molecule has 0 radical (unpaired) electrons. The summed E-state index contributed by atoms with van der Waals surface area (Å²) in [6.45, 7) is 2.34. The zero-order chi connectivity index (χ0) is 11.4. The van der Waals surface area contributed by atoms with Gasteiger partial charge in [0.1, 0.15) is 6.54 Å². The minimum absolute atomic E-state index is 0.0175. The zero-order valence-corrected chi connectivity index (χ0v) is 9.87. The zero-order valence-electron chi connectivity index (χ0n) is 8.29. The maximum atomic E-state index is 11.5. The summed E-state index contributed by atoms with van der Waals surface area (Å²) >= 11 is 3.08. The average molecular weight is 274 g/mol. The van der Waals surface area contributed by atoms with Gasteiger partial charge in [-0.1, -0.05) is 0 Å². The van der Waals surface area contributed by atoms with Crippen LogP contribution >= 0.6 is 15.9 Å². The van der Waals surface area contributed by atoms with Gasteiger partial charge in [-0.2, -0.15) is 0 Å². The van der Waals surface area contributed by atoms with E-state index in [1.807, 2.05) is 6.92 Å². The standard InChI is InChI=1S/C9H12BrN3O2/c1-2-12-8(14)5-13-4-6(11)3-7(10)9(13)15/h3-4H,2,5,11H2,1H3,(H,12,14). The lowest BCUT2D eigenvalue weighted by Crippen LogP contribution is -2.32. The minimum atomic E-state index is -0.268. The summed E-state index contributed by atoms with van der Waals surface area (Å²) in [6, 6.07) is 1.51. The van der Waals surface area contributed by atoms with E-state index in [1.165, 1.54) is 16.8 Å². The Morgan fingerprint density at radius 1 is 1.67 bits per heavy atom. The molecule has 1 heterocycles. The Labute approximate surface area is 95.4 Å². The third kappa shape index (κ3) is 3.09. The first kappa shape index (κ1) is 11.8. The molecule has 0 aliphatic rings. The van der Waals surface area contributed by atoms with Crippen LogP contribution in [0.15, 0.2) is 21.5 Å². The number of nitrogens with one attached hydrogen (secondary N) is 1. The first-order valence-electron chi connectivity index (χ1n) is 4.46. The number of aromatic nitrogens is 1. The van der Waals surface area contributed by atoms with Crippen molar-refractivity contribution in [1.82, 2.24) is 9.88 Å².